The fourth-order valence-corrected chi connectivity index (χ4v) is 4.49. The molecule has 2 aliphatic heterocycles. The highest BCUT2D eigenvalue weighted by Crippen LogP contribution is 2.36. The Morgan fingerprint density at radius 3 is 2.85 bits per heavy atom. The summed E-state index contributed by atoms with van der Waals surface area (Å²) >= 11 is 0. The Hall–Kier alpha value is -3.26. The number of aromatic nitrogens is 2. The van der Waals surface area contributed by atoms with Crippen molar-refractivity contribution in [3.8, 4) is 17.2 Å². The van der Waals surface area contributed by atoms with Crippen molar-refractivity contribution in [1.29, 1.82) is 0 Å². The molecule has 0 saturated carbocycles. The van der Waals surface area contributed by atoms with E-state index in [0.717, 1.165) is 64.9 Å². The predicted molar refractivity (Wildman–Crippen MR) is 129 cm³/mol. The predicted octanol–water partition coefficient (Wildman–Crippen LogP) is 3.29. The third kappa shape index (κ3) is 4.35. The second kappa shape index (κ2) is 8.94. The molecule has 2 unspecified atom stereocenters. The molecule has 8 nitrogen and oxygen atoms in total. The van der Waals surface area contributed by atoms with Crippen molar-refractivity contribution in [2.75, 3.05) is 47.5 Å². The Kier molecular flexibility index (Phi) is 5.85. The van der Waals surface area contributed by atoms with Gasteiger partial charge in [-0.25, -0.2) is 4.98 Å². The number of imidazole rings is 1. The summed E-state index contributed by atoms with van der Waals surface area (Å²) in [4.78, 5) is 10.7. The summed E-state index contributed by atoms with van der Waals surface area (Å²) in [5, 5.41) is 4.37. The lowest BCUT2D eigenvalue weighted by Crippen LogP contribution is -2.20. The van der Waals surface area contributed by atoms with Crippen LogP contribution in [0.4, 0.5) is 0 Å². The molecule has 1 aromatic heterocycles. The molecule has 0 saturated heterocycles. The number of aromatic amines is 1. The van der Waals surface area contributed by atoms with E-state index >= 15 is 0 Å². The zero-order chi connectivity index (χ0) is 22.9. The summed E-state index contributed by atoms with van der Waals surface area (Å²) in [6.07, 6.45) is 0.842. The Morgan fingerprint density at radius 1 is 1.21 bits per heavy atom. The minimum Gasteiger partial charge on any atom is -0.497 e. The summed E-state index contributed by atoms with van der Waals surface area (Å²) in [6, 6.07) is 10.3. The minimum atomic E-state index is 0.131. The van der Waals surface area contributed by atoms with Crippen LogP contribution in [0.2, 0.25) is 0 Å². The van der Waals surface area contributed by atoms with Crippen LogP contribution in [0.1, 0.15) is 35.7 Å². The summed E-state index contributed by atoms with van der Waals surface area (Å²) in [6.45, 7) is 4.88. The molecule has 2 N–H and O–H groups in total. The van der Waals surface area contributed by atoms with E-state index in [2.05, 4.69) is 39.5 Å². The highest BCUT2D eigenvalue weighted by Gasteiger charge is 2.27. The number of rotatable bonds is 7. The first kappa shape index (κ1) is 21.6. The molecule has 3 aromatic rings. The van der Waals surface area contributed by atoms with E-state index in [1.165, 1.54) is 5.56 Å². The Bertz CT molecular complexity index is 1190. The summed E-state index contributed by atoms with van der Waals surface area (Å²) < 4.78 is 17.7. The van der Waals surface area contributed by atoms with Crippen LogP contribution in [0.15, 0.2) is 35.4 Å². The van der Waals surface area contributed by atoms with Gasteiger partial charge in [-0.2, -0.15) is 5.10 Å². The summed E-state index contributed by atoms with van der Waals surface area (Å²) in [7, 11) is 5.77. The van der Waals surface area contributed by atoms with Crippen LogP contribution in [-0.4, -0.2) is 68.1 Å². The first-order valence-corrected chi connectivity index (χ1v) is 11.4. The zero-order valence-corrected chi connectivity index (χ0v) is 19.6. The molecule has 2 aromatic carbocycles. The SMILES string of the molecule is COc1ccc2c(c1)CC(c1nc3cc(C4CNN=C4C)cc(OCCN(C)C)c3[nH]1)CO2. The van der Waals surface area contributed by atoms with Crippen molar-refractivity contribution in [2.24, 2.45) is 5.10 Å². The molecule has 0 spiro atoms. The second-order valence-electron chi connectivity index (χ2n) is 9.04. The van der Waals surface area contributed by atoms with Crippen LogP contribution in [0.5, 0.6) is 17.2 Å². The Morgan fingerprint density at radius 2 is 2.09 bits per heavy atom. The van der Waals surface area contributed by atoms with Gasteiger partial charge in [-0.1, -0.05) is 0 Å². The lowest BCUT2D eigenvalue weighted by Gasteiger charge is -2.24. The number of likely N-dealkylation sites (N-methyl/N-ethyl adjacent to an activating group) is 1. The smallest absolute Gasteiger partial charge is 0.145 e. The van der Waals surface area contributed by atoms with E-state index in [0.29, 0.717) is 13.2 Å². The van der Waals surface area contributed by atoms with Gasteiger partial charge in [-0.3, -0.25) is 0 Å². The van der Waals surface area contributed by atoms with Gasteiger partial charge in [0.2, 0.25) is 0 Å². The highest BCUT2D eigenvalue weighted by molar-refractivity contribution is 5.92. The minimum absolute atomic E-state index is 0.131. The number of methoxy groups -OCH3 is 1. The van der Waals surface area contributed by atoms with E-state index in [-0.39, 0.29) is 11.8 Å². The number of fused-ring (bicyclic) bond motifs is 2. The molecule has 0 fully saturated rings. The maximum atomic E-state index is 6.23. The van der Waals surface area contributed by atoms with E-state index < -0.39 is 0 Å². The number of hydrogen-bond donors (Lipinski definition) is 2. The molecule has 5 rings (SSSR count). The monoisotopic (exact) mass is 449 g/mol. The lowest BCUT2D eigenvalue weighted by molar-refractivity contribution is 0.257. The highest BCUT2D eigenvalue weighted by atomic mass is 16.5. The van der Waals surface area contributed by atoms with E-state index in [1.807, 2.05) is 32.3 Å². The van der Waals surface area contributed by atoms with E-state index in [1.54, 1.807) is 7.11 Å². The fraction of sp³-hybridized carbons (Fsp3) is 0.440. The van der Waals surface area contributed by atoms with Crippen molar-refractivity contribution in [3.05, 3.63) is 47.3 Å². The first-order chi connectivity index (χ1) is 16.0. The summed E-state index contributed by atoms with van der Waals surface area (Å²) in [5.74, 6) is 3.87. The molecule has 33 heavy (non-hydrogen) atoms. The van der Waals surface area contributed by atoms with Gasteiger partial charge in [0.05, 0.1) is 25.2 Å². The number of hydrazone groups is 1. The molecule has 0 amide bonds. The molecule has 0 aliphatic carbocycles. The lowest BCUT2D eigenvalue weighted by atomic mass is 9.95. The van der Waals surface area contributed by atoms with Gasteiger partial charge in [-0.05, 0) is 68.9 Å². The molecule has 8 heteroatoms. The van der Waals surface area contributed by atoms with Crippen molar-refractivity contribution in [2.45, 2.75) is 25.2 Å². The second-order valence-corrected chi connectivity index (χ2v) is 9.04. The molecule has 2 aliphatic rings. The maximum Gasteiger partial charge on any atom is 0.145 e. The average Bonchev–Trinajstić information content (AvgIpc) is 3.44. The molecular formula is C25H31N5O3. The van der Waals surface area contributed by atoms with Crippen LogP contribution in [-0.2, 0) is 6.42 Å². The normalized spacial score (nSPS) is 19.7. The standard InChI is InChI=1S/C25H31N5O3/c1-15-20(13-26-29-15)16-11-21-24(23(12-16)32-8-7-30(2)3)28-25(27-21)18-9-17-10-19(31-4)5-6-22(17)33-14-18/h5-6,10-12,18,20,26H,7-9,13-14H2,1-4H3,(H,27,28). The number of H-pyrrole nitrogens is 1. The quantitative estimate of drug-likeness (QED) is 0.576. The maximum absolute atomic E-state index is 6.23. The van der Waals surface area contributed by atoms with Gasteiger partial charge in [0.25, 0.3) is 0 Å². The molecule has 2 atom stereocenters. The first-order valence-electron chi connectivity index (χ1n) is 11.4. The van der Waals surface area contributed by atoms with Gasteiger partial charge in [0.1, 0.15) is 35.2 Å². The molecule has 3 heterocycles. The van der Waals surface area contributed by atoms with Crippen molar-refractivity contribution < 1.29 is 14.2 Å². The third-order valence-electron chi connectivity index (χ3n) is 6.41. The van der Waals surface area contributed by atoms with Gasteiger partial charge in [0.15, 0.2) is 0 Å². The number of hydrogen-bond acceptors (Lipinski definition) is 7. The van der Waals surface area contributed by atoms with Gasteiger partial charge < -0.3 is 29.5 Å². The number of nitrogens with zero attached hydrogens (tertiary/aromatic N) is 3. The molecular weight excluding hydrogens is 418 g/mol. The average molecular weight is 450 g/mol. The zero-order valence-electron chi connectivity index (χ0n) is 19.6. The fourth-order valence-electron chi connectivity index (χ4n) is 4.49. The molecule has 0 radical (unpaired) electrons. The number of nitrogens with one attached hydrogen (secondary N) is 2. The topological polar surface area (TPSA) is 84.0 Å². The largest absolute Gasteiger partial charge is 0.497 e. The Labute approximate surface area is 193 Å². The molecule has 0 bridgehead atoms. The van der Waals surface area contributed by atoms with Gasteiger partial charge >= 0.3 is 0 Å². The van der Waals surface area contributed by atoms with Crippen LogP contribution < -0.4 is 19.6 Å². The Balaban J connectivity index is 1.48. The van der Waals surface area contributed by atoms with Crippen LogP contribution in [0.25, 0.3) is 11.0 Å². The van der Waals surface area contributed by atoms with Crippen LogP contribution in [0, 0.1) is 0 Å². The van der Waals surface area contributed by atoms with Crippen LogP contribution >= 0.6 is 0 Å². The van der Waals surface area contributed by atoms with E-state index in [4.69, 9.17) is 19.2 Å². The van der Waals surface area contributed by atoms with Crippen molar-refractivity contribution in [1.82, 2.24) is 20.3 Å². The van der Waals surface area contributed by atoms with Crippen LogP contribution in [0.3, 0.4) is 0 Å². The van der Waals surface area contributed by atoms with Gasteiger partial charge in [-0.15, -0.1) is 0 Å². The number of benzene rings is 2. The number of ether oxygens (including phenoxy) is 3. The molecule has 174 valence electrons. The third-order valence-corrected chi connectivity index (χ3v) is 6.41. The van der Waals surface area contributed by atoms with Crippen molar-refractivity contribution >= 4 is 16.7 Å². The summed E-state index contributed by atoms with van der Waals surface area (Å²) in [5.41, 5.74) is 8.34. The van der Waals surface area contributed by atoms with E-state index in [9.17, 15) is 0 Å². The van der Waals surface area contributed by atoms with Crippen molar-refractivity contribution in [3.63, 3.8) is 0 Å². The van der Waals surface area contributed by atoms with Gasteiger partial charge in [0, 0.05) is 24.7 Å².